The number of aryl methyl sites for hydroxylation is 1. The highest BCUT2D eigenvalue weighted by Crippen LogP contribution is 2.16. The molecule has 102 valence electrons. The minimum Gasteiger partial charge on any atom is -0.497 e. The van der Waals surface area contributed by atoms with Crippen LogP contribution in [0.3, 0.4) is 0 Å². The third-order valence-corrected chi connectivity index (χ3v) is 3.10. The Morgan fingerprint density at radius 1 is 1.32 bits per heavy atom. The van der Waals surface area contributed by atoms with Gasteiger partial charge in [0.15, 0.2) is 0 Å². The number of nitrogens with one attached hydrogen (secondary N) is 1. The highest BCUT2D eigenvalue weighted by atomic mass is 16.5. The van der Waals surface area contributed by atoms with Crippen LogP contribution in [0.15, 0.2) is 36.7 Å². The van der Waals surface area contributed by atoms with Gasteiger partial charge in [-0.05, 0) is 37.6 Å². The second-order valence-corrected chi connectivity index (χ2v) is 4.47. The molecule has 1 N–H and O–H groups in total. The first-order valence-corrected chi connectivity index (χ1v) is 6.51. The van der Waals surface area contributed by atoms with Crippen molar-refractivity contribution in [1.82, 2.24) is 20.3 Å². The minimum atomic E-state index is 0.335. The molecule has 0 radical (unpaired) electrons. The van der Waals surface area contributed by atoms with Crippen molar-refractivity contribution in [2.45, 2.75) is 25.9 Å². The molecule has 2 aromatic rings. The number of hydrogen-bond acceptors (Lipinski definition) is 4. The van der Waals surface area contributed by atoms with E-state index in [1.165, 1.54) is 5.56 Å². The normalized spacial score (nSPS) is 12.3. The van der Waals surface area contributed by atoms with Crippen molar-refractivity contribution < 1.29 is 4.74 Å². The van der Waals surface area contributed by atoms with E-state index in [4.69, 9.17) is 4.74 Å². The molecule has 0 aliphatic heterocycles. The Morgan fingerprint density at radius 2 is 2.11 bits per heavy atom. The summed E-state index contributed by atoms with van der Waals surface area (Å²) < 4.78 is 7.00. The van der Waals surface area contributed by atoms with Crippen molar-refractivity contribution >= 4 is 0 Å². The highest BCUT2D eigenvalue weighted by molar-refractivity contribution is 5.28. The van der Waals surface area contributed by atoms with Crippen LogP contribution in [-0.4, -0.2) is 28.6 Å². The molecule has 0 fully saturated rings. The van der Waals surface area contributed by atoms with Gasteiger partial charge in [-0.1, -0.05) is 17.3 Å². The summed E-state index contributed by atoms with van der Waals surface area (Å²) in [5.74, 6) is 0.891. The number of ether oxygens (including phenoxy) is 1. The Bertz CT molecular complexity index is 467. The van der Waals surface area contributed by atoms with E-state index in [1.54, 1.807) is 13.3 Å². The first-order chi connectivity index (χ1) is 9.29. The molecule has 5 heteroatoms. The van der Waals surface area contributed by atoms with Gasteiger partial charge in [0.1, 0.15) is 5.75 Å². The predicted molar refractivity (Wildman–Crippen MR) is 74.1 cm³/mol. The Morgan fingerprint density at radius 3 is 2.74 bits per heavy atom. The number of benzene rings is 1. The molecule has 2 rings (SSSR count). The lowest BCUT2D eigenvalue weighted by molar-refractivity contribution is 0.414. The van der Waals surface area contributed by atoms with E-state index < -0.39 is 0 Å². The van der Waals surface area contributed by atoms with Crippen molar-refractivity contribution in [2.24, 2.45) is 0 Å². The molecular formula is C14H20N4O. The van der Waals surface area contributed by atoms with Gasteiger partial charge in [0.25, 0.3) is 0 Å². The van der Waals surface area contributed by atoms with E-state index in [9.17, 15) is 0 Å². The molecule has 1 aromatic heterocycles. The van der Waals surface area contributed by atoms with Crippen LogP contribution in [0.2, 0.25) is 0 Å². The minimum absolute atomic E-state index is 0.335. The maximum Gasteiger partial charge on any atom is 0.118 e. The highest BCUT2D eigenvalue weighted by Gasteiger charge is 2.04. The van der Waals surface area contributed by atoms with Crippen LogP contribution < -0.4 is 10.1 Å². The van der Waals surface area contributed by atoms with E-state index >= 15 is 0 Å². The molecule has 1 atom stereocenters. The number of rotatable bonds is 7. The molecular weight excluding hydrogens is 240 g/mol. The van der Waals surface area contributed by atoms with Gasteiger partial charge >= 0.3 is 0 Å². The van der Waals surface area contributed by atoms with E-state index in [-0.39, 0.29) is 0 Å². The van der Waals surface area contributed by atoms with E-state index in [0.717, 1.165) is 25.3 Å². The van der Waals surface area contributed by atoms with E-state index in [1.807, 2.05) is 23.0 Å². The smallest absolute Gasteiger partial charge is 0.118 e. The molecule has 0 amide bonds. The number of methoxy groups -OCH3 is 1. The maximum absolute atomic E-state index is 5.15. The lowest BCUT2D eigenvalue weighted by Gasteiger charge is -2.14. The second-order valence-electron chi connectivity index (χ2n) is 4.47. The molecule has 5 nitrogen and oxygen atoms in total. The van der Waals surface area contributed by atoms with Gasteiger partial charge in [-0.15, -0.1) is 5.10 Å². The zero-order valence-electron chi connectivity index (χ0n) is 11.4. The van der Waals surface area contributed by atoms with Crippen molar-refractivity contribution in [1.29, 1.82) is 0 Å². The summed E-state index contributed by atoms with van der Waals surface area (Å²) in [6, 6.07) is 8.50. The Kier molecular flexibility index (Phi) is 4.92. The van der Waals surface area contributed by atoms with Gasteiger partial charge in [0.05, 0.1) is 13.3 Å². The fraction of sp³-hybridized carbons (Fsp3) is 0.429. The van der Waals surface area contributed by atoms with E-state index in [0.29, 0.717) is 6.04 Å². The monoisotopic (exact) mass is 260 g/mol. The molecule has 1 aromatic carbocycles. The fourth-order valence-electron chi connectivity index (χ4n) is 1.92. The molecule has 1 heterocycles. The summed E-state index contributed by atoms with van der Waals surface area (Å²) >= 11 is 0. The third-order valence-electron chi connectivity index (χ3n) is 3.10. The van der Waals surface area contributed by atoms with Gasteiger partial charge in [-0.3, -0.25) is 4.68 Å². The molecule has 19 heavy (non-hydrogen) atoms. The second kappa shape index (κ2) is 6.89. The molecule has 0 spiro atoms. The van der Waals surface area contributed by atoms with Crippen LogP contribution in [0.25, 0.3) is 0 Å². The molecule has 0 aliphatic carbocycles. The van der Waals surface area contributed by atoms with Crippen LogP contribution >= 0.6 is 0 Å². The average Bonchev–Trinajstić information content (AvgIpc) is 2.96. The zero-order valence-corrected chi connectivity index (χ0v) is 11.4. The van der Waals surface area contributed by atoms with Gasteiger partial charge < -0.3 is 10.1 Å². The SMILES string of the molecule is COc1ccc(C(C)NCCCn2ccnn2)cc1. The molecule has 0 aliphatic rings. The molecule has 0 saturated heterocycles. The summed E-state index contributed by atoms with van der Waals surface area (Å²) in [4.78, 5) is 0. The summed E-state index contributed by atoms with van der Waals surface area (Å²) in [6.07, 6.45) is 4.62. The Balaban J connectivity index is 1.72. The van der Waals surface area contributed by atoms with Crippen molar-refractivity contribution in [3.05, 3.63) is 42.2 Å². The topological polar surface area (TPSA) is 52.0 Å². The first kappa shape index (κ1) is 13.5. The lowest BCUT2D eigenvalue weighted by Crippen LogP contribution is -2.21. The van der Waals surface area contributed by atoms with Gasteiger partial charge in [0, 0.05) is 18.8 Å². The summed E-state index contributed by atoms with van der Waals surface area (Å²) in [6.45, 7) is 4.01. The van der Waals surface area contributed by atoms with Crippen LogP contribution in [0.5, 0.6) is 5.75 Å². The number of aromatic nitrogens is 3. The molecule has 0 bridgehead atoms. The largest absolute Gasteiger partial charge is 0.497 e. The van der Waals surface area contributed by atoms with Crippen LogP contribution in [0.1, 0.15) is 24.9 Å². The lowest BCUT2D eigenvalue weighted by atomic mass is 10.1. The van der Waals surface area contributed by atoms with Gasteiger partial charge in [0.2, 0.25) is 0 Å². The summed E-state index contributed by atoms with van der Waals surface area (Å²) in [5.41, 5.74) is 1.27. The van der Waals surface area contributed by atoms with Crippen LogP contribution in [0.4, 0.5) is 0 Å². The van der Waals surface area contributed by atoms with Gasteiger partial charge in [-0.2, -0.15) is 0 Å². The number of nitrogens with zero attached hydrogens (tertiary/aromatic N) is 3. The summed E-state index contributed by atoms with van der Waals surface area (Å²) in [7, 11) is 1.68. The molecule has 0 saturated carbocycles. The van der Waals surface area contributed by atoms with Crippen LogP contribution in [0, 0.1) is 0 Å². The van der Waals surface area contributed by atoms with Gasteiger partial charge in [-0.25, -0.2) is 0 Å². The Hall–Kier alpha value is -1.88. The maximum atomic E-state index is 5.15. The zero-order chi connectivity index (χ0) is 13.5. The fourth-order valence-corrected chi connectivity index (χ4v) is 1.92. The third kappa shape index (κ3) is 4.06. The first-order valence-electron chi connectivity index (χ1n) is 6.51. The summed E-state index contributed by atoms with van der Waals surface area (Å²) in [5, 5.41) is 11.2. The Labute approximate surface area is 113 Å². The molecule has 1 unspecified atom stereocenters. The van der Waals surface area contributed by atoms with Crippen molar-refractivity contribution in [3.63, 3.8) is 0 Å². The standard InChI is InChI=1S/C14H20N4O/c1-12(13-4-6-14(19-2)7-5-13)15-8-3-10-18-11-9-16-17-18/h4-7,9,11-12,15H,3,8,10H2,1-2H3. The number of hydrogen-bond donors (Lipinski definition) is 1. The van der Waals surface area contributed by atoms with Crippen LogP contribution in [-0.2, 0) is 6.54 Å². The predicted octanol–water partition coefficient (Wildman–Crippen LogP) is 2.03. The quantitative estimate of drug-likeness (QED) is 0.774. The van der Waals surface area contributed by atoms with Crippen molar-refractivity contribution in [2.75, 3.05) is 13.7 Å². The van der Waals surface area contributed by atoms with E-state index in [2.05, 4.69) is 34.7 Å². The van der Waals surface area contributed by atoms with Crippen molar-refractivity contribution in [3.8, 4) is 5.75 Å². The average molecular weight is 260 g/mol.